The van der Waals surface area contributed by atoms with Gasteiger partial charge in [-0.2, -0.15) is 4.68 Å². The lowest BCUT2D eigenvalue weighted by Gasteiger charge is -2.38. The van der Waals surface area contributed by atoms with Crippen molar-refractivity contribution in [3.8, 4) is 5.69 Å². The molecule has 0 radical (unpaired) electrons. The number of likely N-dealkylation sites (N-methyl/N-ethyl adjacent to an activating group) is 1. The van der Waals surface area contributed by atoms with E-state index in [0.717, 1.165) is 17.7 Å². The van der Waals surface area contributed by atoms with E-state index in [4.69, 9.17) is 16.3 Å². The maximum atomic E-state index is 14.4. The minimum Gasteiger partial charge on any atom is -0.477 e. The van der Waals surface area contributed by atoms with Crippen molar-refractivity contribution in [2.75, 3.05) is 61.8 Å². The Morgan fingerprint density at radius 2 is 1.57 bits per heavy atom. The zero-order valence-electron chi connectivity index (χ0n) is 33.2. The van der Waals surface area contributed by atoms with E-state index in [-0.39, 0.29) is 48.1 Å². The largest absolute Gasteiger partial charge is 0.477 e. The van der Waals surface area contributed by atoms with Gasteiger partial charge in [0.2, 0.25) is 5.91 Å². The average molecular weight is 840 g/mol. The molecule has 3 N–H and O–H groups in total. The Hall–Kier alpha value is -6.86. The van der Waals surface area contributed by atoms with Crippen LogP contribution in [-0.4, -0.2) is 138 Å². The molecule has 5 amide bonds. The van der Waals surface area contributed by atoms with Crippen LogP contribution in [0, 0.1) is 0 Å². The van der Waals surface area contributed by atoms with Gasteiger partial charge in [0.25, 0.3) is 0 Å². The van der Waals surface area contributed by atoms with Crippen molar-refractivity contribution in [2.45, 2.75) is 38.8 Å². The molecule has 2 aliphatic rings. The van der Waals surface area contributed by atoms with Gasteiger partial charge in [-0.3, -0.25) is 14.4 Å². The quantitative estimate of drug-likeness (QED) is 0.180. The van der Waals surface area contributed by atoms with E-state index in [9.17, 15) is 33.9 Å². The number of carbonyl (C=O) groups is 6. The molecule has 2 fully saturated rings. The third-order valence-corrected chi connectivity index (χ3v) is 10.3. The van der Waals surface area contributed by atoms with E-state index in [1.165, 1.54) is 51.1 Å². The predicted molar refractivity (Wildman–Crippen MR) is 219 cm³/mol. The van der Waals surface area contributed by atoms with Crippen LogP contribution in [0.1, 0.15) is 36.8 Å². The molecule has 2 aromatic heterocycles. The van der Waals surface area contributed by atoms with Crippen molar-refractivity contribution in [2.24, 2.45) is 0 Å². The van der Waals surface area contributed by atoms with Gasteiger partial charge in [0, 0.05) is 67.5 Å². The number of aromatic carboxylic acids is 1. The predicted octanol–water partition coefficient (Wildman–Crippen LogP) is 3.96. The minimum absolute atomic E-state index is 0.0107. The van der Waals surface area contributed by atoms with Crippen LogP contribution in [0.15, 0.2) is 73.1 Å². The molecule has 60 heavy (non-hydrogen) atoms. The van der Waals surface area contributed by atoms with Gasteiger partial charge in [-0.15, -0.1) is 5.10 Å². The summed E-state index contributed by atoms with van der Waals surface area (Å²) in [6, 6.07) is 15.9. The number of hydrogen-bond acceptors (Lipinski definition) is 11. The number of fused-ring (bicyclic) bond motifs is 1. The number of ether oxygens (including phenoxy) is 1. The lowest BCUT2D eigenvalue weighted by molar-refractivity contribution is -0.149. The highest BCUT2D eigenvalue weighted by molar-refractivity contribution is 6.41. The highest BCUT2D eigenvalue weighted by Crippen LogP contribution is 2.31. The molecule has 2 saturated heterocycles. The summed E-state index contributed by atoms with van der Waals surface area (Å²) in [6.07, 6.45) is 0.428. The molecule has 4 heterocycles. The maximum Gasteiger partial charge on any atom is 0.419 e. The first kappa shape index (κ1) is 41.3. The van der Waals surface area contributed by atoms with Crippen molar-refractivity contribution < 1.29 is 38.6 Å². The first-order chi connectivity index (χ1) is 28.6. The molecular formula is C40H42ClN11O8. The van der Waals surface area contributed by atoms with Gasteiger partial charge in [0.15, 0.2) is 0 Å². The molecule has 7 rings (SSSR count). The van der Waals surface area contributed by atoms with Crippen LogP contribution in [-0.2, 0) is 25.5 Å². The van der Waals surface area contributed by atoms with Crippen LogP contribution >= 0.6 is 11.6 Å². The number of piperazine rings is 2. The molecule has 0 spiro atoms. The van der Waals surface area contributed by atoms with Crippen molar-refractivity contribution >= 4 is 75.4 Å². The summed E-state index contributed by atoms with van der Waals surface area (Å²) in [5.74, 6) is -3.86. The lowest BCUT2D eigenvalue weighted by atomic mass is 10.0. The smallest absolute Gasteiger partial charge is 0.419 e. The Morgan fingerprint density at radius 1 is 0.850 bits per heavy atom. The maximum absolute atomic E-state index is 14.4. The minimum atomic E-state index is -1.36. The van der Waals surface area contributed by atoms with Gasteiger partial charge >= 0.3 is 29.9 Å². The number of carboxylic acid groups (broad SMARTS) is 1. The molecule has 0 aliphatic carbocycles. The number of hydrogen-bond donors (Lipinski definition) is 3. The first-order valence-corrected chi connectivity index (χ1v) is 19.4. The topological polar surface area (TPSA) is 217 Å². The molecule has 19 nitrogen and oxygen atoms in total. The number of nitrogens with zero attached hydrogens (tertiary/aromatic N) is 9. The zero-order valence-corrected chi connectivity index (χ0v) is 33.9. The van der Waals surface area contributed by atoms with Crippen LogP contribution in [0.5, 0.6) is 0 Å². The molecule has 5 aromatic rings. The Balaban J connectivity index is 1.16. The van der Waals surface area contributed by atoms with E-state index in [0.29, 0.717) is 40.4 Å². The van der Waals surface area contributed by atoms with Crippen molar-refractivity contribution in [3.63, 3.8) is 0 Å². The first-order valence-electron chi connectivity index (χ1n) is 19.0. The fraction of sp³-hybridized carbons (Fsp3) is 0.325. The summed E-state index contributed by atoms with van der Waals surface area (Å²) in [6.45, 7) is 7.63. The highest BCUT2D eigenvalue weighted by Gasteiger charge is 2.41. The number of nitrogens with one attached hydrogen (secondary N) is 2. The molecule has 20 heteroatoms. The summed E-state index contributed by atoms with van der Waals surface area (Å²) < 4.78 is 7.74. The van der Waals surface area contributed by atoms with Crippen LogP contribution in [0.25, 0.3) is 16.6 Å². The lowest BCUT2D eigenvalue weighted by Crippen LogP contribution is -2.60. The third kappa shape index (κ3) is 8.91. The standard InChI is InChI=1S/C40H42ClN11O8/c1-40(2,3)60-39(59)52-29-12-10-28(20-25(29)21-33(52)37(56)57)43-34(53)32(19-24-5-8-27(9-6-24)44-38(58)48-15-13-47(4)14-16-48)50-18-17-49(35(54)36(50)55)31-22-26(41)7-11-30(31)51-23-42-45-46-51/h5-12,20-23,32H,13-19H2,1-4H3,(H,43,53)(H,44,58)(H,56,57). The highest BCUT2D eigenvalue weighted by atomic mass is 35.5. The van der Waals surface area contributed by atoms with E-state index in [1.807, 2.05) is 7.05 Å². The van der Waals surface area contributed by atoms with E-state index >= 15 is 0 Å². The number of anilines is 3. The Kier molecular flexibility index (Phi) is 11.6. The number of carboxylic acids is 1. The molecule has 1 unspecified atom stereocenters. The van der Waals surface area contributed by atoms with Gasteiger partial charge in [-0.05, 0) is 98.4 Å². The number of halogens is 1. The van der Waals surface area contributed by atoms with Crippen molar-refractivity contribution in [1.82, 2.24) is 39.5 Å². The number of aromatic nitrogens is 5. The molecule has 1 atom stereocenters. The number of benzene rings is 3. The van der Waals surface area contributed by atoms with Gasteiger partial charge < -0.3 is 40.1 Å². The fourth-order valence-corrected chi connectivity index (χ4v) is 7.21. The number of amides is 5. The van der Waals surface area contributed by atoms with E-state index in [1.54, 1.807) is 62.1 Å². The number of carbonyl (C=O) groups excluding carboxylic acids is 5. The second-order valence-corrected chi connectivity index (χ2v) is 15.8. The molecular weight excluding hydrogens is 798 g/mol. The molecule has 0 bridgehead atoms. The van der Waals surface area contributed by atoms with Crippen molar-refractivity contribution in [3.05, 3.63) is 89.3 Å². The molecule has 2 aliphatic heterocycles. The second-order valence-electron chi connectivity index (χ2n) is 15.4. The third-order valence-electron chi connectivity index (χ3n) is 10.0. The number of tetrazole rings is 1. The van der Waals surface area contributed by atoms with Crippen LogP contribution in [0.3, 0.4) is 0 Å². The summed E-state index contributed by atoms with van der Waals surface area (Å²) in [5.41, 5.74) is 1.08. The molecule has 312 valence electrons. The van der Waals surface area contributed by atoms with Gasteiger partial charge in [0.1, 0.15) is 23.7 Å². The molecule has 0 saturated carbocycles. The normalized spacial score (nSPS) is 15.6. The number of urea groups is 1. The monoisotopic (exact) mass is 839 g/mol. The average Bonchev–Trinajstić information content (AvgIpc) is 3.87. The summed E-state index contributed by atoms with van der Waals surface area (Å²) >= 11 is 6.33. The SMILES string of the molecule is CN1CCN(C(=O)Nc2ccc(CC(C(=O)Nc3ccc4c(c3)cc(C(=O)O)n4C(=O)OC(C)(C)C)N3CCN(c4cc(Cl)ccc4-n4cnnn4)C(=O)C3=O)cc2)CC1. The Bertz CT molecular complexity index is 2470. The molecule has 3 aromatic carbocycles. The number of rotatable bonds is 9. The van der Waals surface area contributed by atoms with Crippen molar-refractivity contribution in [1.29, 1.82) is 0 Å². The fourth-order valence-electron chi connectivity index (χ4n) is 7.04. The zero-order chi connectivity index (χ0) is 42.9. The summed E-state index contributed by atoms with van der Waals surface area (Å²) in [4.78, 5) is 86.9. The Labute approximate surface area is 348 Å². The van der Waals surface area contributed by atoms with E-state index in [2.05, 4.69) is 31.1 Å². The van der Waals surface area contributed by atoms with Gasteiger partial charge in [-0.25, -0.2) is 19.0 Å². The van der Waals surface area contributed by atoms with Gasteiger partial charge in [-0.1, -0.05) is 23.7 Å². The van der Waals surface area contributed by atoms with Crippen LogP contribution in [0.2, 0.25) is 5.02 Å². The summed E-state index contributed by atoms with van der Waals surface area (Å²) in [5, 5.41) is 27.5. The van der Waals surface area contributed by atoms with E-state index < -0.39 is 41.4 Å². The summed E-state index contributed by atoms with van der Waals surface area (Å²) in [7, 11) is 2.00. The Morgan fingerprint density at radius 3 is 2.23 bits per heavy atom. The van der Waals surface area contributed by atoms with Gasteiger partial charge in [0.05, 0.1) is 16.9 Å². The van der Waals surface area contributed by atoms with Crippen LogP contribution in [0.4, 0.5) is 26.7 Å². The van der Waals surface area contributed by atoms with Crippen LogP contribution < -0.4 is 15.5 Å². The second kappa shape index (κ2) is 16.8.